The molecule has 3 nitrogen and oxygen atoms in total. The topological polar surface area (TPSA) is 32.3 Å². The summed E-state index contributed by atoms with van der Waals surface area (Å²) in [6, 6.07) is 6.07. The van der Waals surface area contributed by atoms with Gasteiger partial charge >= 0.3 is 0 Å². The van der Waals surface area contributed by atoms with Crippen molar-refractivity contribution in [1.29, 1.82) is 0 Å². The standard InChI is InChI=1S/C15H18Cl2N2O.ClH/c1-9-8-19(5-4-18-9)15(20)12-7-11(12)10-2-3-13(16)14(17)6-10;/h2-3,6,9,11-12,18H,4-5,7-8H2,1H3;1H. The van der Waals surface area contributed by atoms with Crippen LogP contribution in [0.5, 0.6) is 0 Å². The van der Waals surface area contributed by atoms with Crippen LogP contribution in [0.2, 0.25) is 10.0 Å². The average molecular weight is 350 g/mol. The predicted octanol–water partition coefficient (Wildman–Crippen LogP) is 3.34. The van der Waals surface area contributed by atoms with Gasteiger partial charge in [0.25, 0.3) is 0 Å². The van der Waals surface area contributed by atoms with Crippen molar-refractivity contribution in [3.63, 3.8) is 0 Å². The molecule has 6 heteroatoms. The highest BCUT2D eigenvalue weighted by molar-refractivity contribution is 6.42. The van der Waals surface area contributed by atoms with Gasteiger partial charge in [-0.3, -0.25) is 4.79 Å². The van der Waals surface area contributed by atoms with E-state index < -0.39 is 0 Å². The molecule has 3 rings (SSSR count). The molecule has 1 N–H and O–H groups in total. The van der Waals surface area contributed by atoms with Crippen molar-refractivity contribution < 1.29 is 4.79 Å². The molecule has 2 aliphatic rings. The van der Waals surface area contributed by atoms with Crippen LogP contribution in [0, 0.1) is 5.92 Å². The largest absolute Gasteiger partial charge is 0.340 e. The minimum absolute atomic E-state index is 0. The molecule has 1 saturated carbocycles. The van der Waals surface area contributed by atoms with Crippen molar-refractivity contribution in [1.82, 2.24) is 10.2 Å². The minimum atomic E-state index is 0. The Kier molecular flexibility index (Phi) is 5.42. The fourth-order valence-electron chi connectivity index (χ4n) is 2.95. The molecular weight excluding hydrogens is 331 g/mol. The van der Waals surface area contributed by atoms with E-state index in [0.717, 1.165) is 31.6 Å². The number of rotatable bonds is 2. The average Bonchev–Trinajstić information content (AvgIpc) is 3.21. The highest BCUT2D eigenvalue weighted by Crippen LogP contribution is 2.49. The van der Waals surface area contributed by atoms with Gasteiger partial charge in [-0.2, -0.15) is 0 Å². The molecule has 3 atom stereocenters. The molecule has 1 aliphatic heterocycles. The van der Waals surface area contributed by atoms with Crippen LogP contribution >= 0.6 is 35.6 Å². The lowest BCUT2D eigenvalue weighted by Crippen LogP contribution is -2.51. The Hall–Kier alpha value is -0.480. The normalized spacial score (nSPS) is 28.0. The lowest BCUT2D eigenvalue weighted by molar-refractivity contribution is -0.133. The first-order valence-corrected chi connectivity index (χ1v) is 7.79. The van der Waals surface area contributed by atoms with E-state index in [4.69, 9.17) is 23.2 Å². The first-order chi connectivity index (χ1) is 9.56. The number of nitrogens with zero attached hydrogens (tertiary/aromatic N) is 1. The number of benzene rings is 1. The molecule has 1 amide bonds. The van der Waals surface area contributed by atoms with Crippen LogP contribution < -0.4 is 5.32 Å². The van der Waals surface area contributed by atoms with Gasteiger partial charge in [-0.25, -0.2) is 0 Å². The van der Waals surface area contributed by atoms with Gasteiger partial charge < -0.3 is 10.2 Å². The fraction of sp³-hybridized carbons (Fsp3) is 0.533. The van der Waals surface area contributed by atoms with Crippen molar-refractivity contribution in [3.8, 4) is 0 Å². The molecular formula is C15H19Cl3N2O. The molecule has 0 bridgehead atoms. The second kappa shape index (κ2) is 6.74. The van der Waals surface area contributed by atoms with E-state index in [-0.39, 0.29) is 24.2 Å². The van der Waals surface area contributed by atoms with Gasteiger partial charge in [0.2, 0.25) is 5.91 Å². The van der Waals surface area contributed by atoms with Crippen LogP contribution in [-0.4, -0.2) is 36.5 Å². The Labute approximate surface area is 141 Å². The third-order valence-corrected chi connectivity index (χ3v) is 4.90. The Bertz CT molecular complexity index is 538. The zero-order chi connectivity index (χ0) is 14.3. The molecule has 21 heavy (non-hydrogen) atoms. The highest BCUT2D eigenvalue weighted by Gasteiger charge is 2.46. The molecule has 2 fully saturated rings. The first kappa shape index (κ1) is 16.9. The molecule has 1 aromatic rings. The van der Waals surface area contributed by atoms with E-state index in [0.29, 0.717) is 22.0 Å². The van der Waals surface area contributed by atoms with Gasteiger partial charge in [0, 0.05) is 31.6 Å². The molecule has 1 aliphatic carbocycles. The Morgan fingerprint density at radius 1 is 1.33 bits per heavy atom. The third kappa shape index (κ3) is 3.65. The number of amides is 1. The van der Waals surface area contributed by atoms with Gasteiger partial charge in [0.1, 0.15) is 0 Å². The number of hydrogen-bond acceptors (Lipinski definition) is 2. The van der Waals surface area contributed by atoms with Crippen molar-refractivity contribution in [2.75, 3.05) is 19.6 Å². The molecule has 1 aromatic carbocycles. The van der Waals surface area contributed by atoms with Crippen molar-refractivity contribution in [2.24, 2.45) is 5.92 Å². The van der Waals surface area contributed by atoms with Crippen molar-refractivity contribution in [2.45, 2.75) is 25.3 Å². The first-order valence-electron chi connectivity index (χ1n) is 7.03. The summed E-state index contributed by atoms with van der Waals surface area (Å²) in [4.78, 5) is 14.5. The van der Waals surface area contributed by atoms with Crippen molar-refractivity contribution in [3.05, 3.63) is 33.8 Å². The van der Waals surface area contributed by atoms with Crippen molar-refractivity contribution >= 4 is 41.5 Å². The number of piperazine rings is 1. The van der Waals surface area contributed by atoms with E-state index >= 15 is 0 Å². The summed E-state index contributed by atoms with van der Waals surface area (Å²) in [6.45, 7) is 4.62. The SMILES string of the molecule is CC1CN(C(=O)C2CC2c2ccc(Cl)c(Cl)c2)CCN1.Cl. The summed E-state index contributed by atoms with van der Waals surface area (Å²) in [5.41, 5.74) is 1.13. The highest BCUT2D eigenvalue weighted by atomic mass is 35.5. The van der Waals surface area contributed by atoms with E-state index in [1.807, 2.05) is 23.1 Å². The number of halogens is 3. The summed E-state index contributed by atoms with van der Waals surface area (Å²) in [5.74, 6) is 0.717. The number of carbonyl (C=O) groups excluding carboxylic acids is 1. The van der Waals surface area contributed by atoms with Gasteiger partial charge in [0.15, 0.2) is 0 Å². The minimum Gasteiger partial charge on any atom is -0.340 e. The monoisotopic (exact) mass is 348 g/mol. The zero-order valence-electron chi connectivity index (χ0n) is 11.8. The van der Waals surface area contributed by atoms with E-state index in [1.165, 1.54) is 0 Å². The quantitative estimate of drug-likeness (QED) is 0.888. The van der Waals surface area contributed by atoms with Crippen LogP contribution in [0.4, 0.5) is 0 Å². The maximum absolute atomic E-state index is 12.5. The summed E-state index contributed by atoms with van der Waals surface area (Å²) in [5, 5.41) is 4.49. The van der Waals surface area contributed by atoms with Crippen LogP contribution in [-0.2, 0) is 4.79 Å². The molecule has 3 unspecified atom stereocenters. The lowest BCUT2D eigenvalue weighted by atomic mass is 10.1. The molecule has 116 valence electrons. The van der Waals surface area contributed by atoms with Gasteiger partial charge in [0.05, 0.1) is 10.0 Å². The summed E-state index contributed by atoms with van der Waals surface area (Å²) < 4.78 is 0. The smallest absolute Gasteiger partial charge is 0.226 e. The summed E-state index contributed by atoms with van der Waals surface area (Å²) >= 11 is 12.0. The lowest BCUT2D eigenvalue weighted by Gasteiger charge is -2.32. The Morgan fingerprint density at radius 2 is 2.10 bits per heavy atom. The maximum atomic E-state index is 12.5. The van der Waals surface area contributed by atoms with Crippen LogP contribution in [0.1, 0.15) is 24.8 Å². The third-order valence-electron chi connectivity index (χ3n) is 4.16. The van der Waals surface area contributed by atoms with Crippen LogP contribution in [0.25, 0.3) is 0 Å². The zero-order valence-corrected chi connectivity index (χ0v) is 14.1. The van der Waals surface area contributed by atoms with E-state index in [2.05, 4.69) is 12.2 Å². The van der Waals surface area contributed by atoms with Gasteiger partial charge in [-0.05, 0) is 37.0 Å². The molecule has 0 aromatic heterocycles. The summed E-state index contributed by atoms with van der Waals surface area (Å²) in [6.07, 6.45) is 0.926. The van der Waals surface area contributed by atoms with Crippen LogP contribution in [0.15, 0.2) is 18.2 Å². The molecule has 1 saturated heterocycles. The van der Waals surface area contributed by atoms with Crippen LogP contribution in [0.3, 0.4) is 0 Å². The second-order valence-electron chi connectivity index (χ2n) is 5.76. The van der Waals surface area contributed by atoms with Gasteiger partial charge in [-0.1, -0.05) is 29.3 Å². The number of carbonyl (C=O) groups is 1. The second-order valence-corrected chi connectivity index (χ2v) is 6.58. The van der Waals surface area contributed by atoms with Gasteiger partial charge in [-0.15, -0.1) is 12.4 Å². The van der Waals surface area contributed by atoms with E-state index in [1.54, 1.807) is 0 Å². The predicted molar refractivity (Wildman–Crippen MR) is 88.6 cm³/mol. The number of nitrogens with one attached hydrogen (secondary N) is 1. The fourth-order valence-corrected chi connectivity index (χ4v) is 3.25. The summed E-state index contributed by atoms with van der Waals surface area (Å²) in [7, 11) is 0. The molecule has 1 heterocycles. The Balaban J connectivity index is 0.00000161. The Morgan fingerprint density at radius 3 is 2.76 bits per heavy atom. The molecule has 0 radical (unpaired) electrons. The molecule has 0 spiro atoms. The maximum Gasteiger partial charge on any atom is 0.226 e. The number of hydrogen-bond donors (Lipinski definition) is 1. The van der Waals surface area contributed by atoms with E-state index in [9.17, 15) is 4.79 Å².